The number of rotatable bonds is 8. The van der Waals surface area contributed by atoms with Gasteiger partial charge in [-0.25, -0.2) is 4.98 Å². The SMILES string of the molecule is CNC(=O)CCCC1(c2ccccc2C)CCN(C[C@H]2CCN(c3nc(C)ns3)C2)CC1. The summed E-state index contributed by atoms with van der Waals surface area (Å²) >= 11 is 1.53. The Hall–Kier alpha value is -1.99. The second-order valence-electron chi connectivity index (χ2n) is 9.65. The second kappa shape index (κ2) is 10.3. The molecule has 2 aliphatic rings. The van der Waals surface area contributed by atoms with E-state index in [-0.39, 0.29) is 11.3 Å². The lowest BCUT2D eigenvalue weighted by Crippen LogP contribution is -2.45. The Labute approximate surface area is 196 Å². The van der Waals surface area contributed by atoms with Gasteiger partial charge in [-0.05, 0) is 81.5 Å². The highest BCUT2D eigenvalue weighted by Gasteiger charge is 2.37. The first-order chi connectivity index (χ1) is 15.5. The van der Waals surface area contributed by atoms with E-state index < -0.39 is 0 Å². The maximum atomic E-state index is 11.8. The third kappa shape index (κ3) is 5.31. The Kier molecular flexibility index (Phi) is 7.46. The van der Waals surface area contributed by atoms with Gasteiger partial charge in [-0.3, -0.25) is 4.79 Å². The fourth-order valence-electron chi connectivity index (χ4n) is 5.63. The summed E-state index contributed by atoms with van der Waals surface area (Å²) in [6.45, 7) is 9.86. The molecule has 6 nitrogen and oxygen atoms in total. The van der Waals surface area contributed by atoms with Crippen LogP contribution >= 0.6 is 11.5 Å². The van der Waals surface area contributed by atoms with Crippen molar-refractivity contribution in [2.24, 2.45) is 5.92 Å². The molecule has 0 saturated carbocycles. The molecule has 1 aromatic heterocycles. The van der Waals surface area contributed by atoms with Crippen molar-refractivity contribution >= 4 is 22.6 Å². The van der Waals surface area contributed by atoms with E-state index in [9.17, 15) is 4.79 Å². The lowest BCUT2D eigenvalue weighted by Gasteiger charge is -2.44. The quantitative estimate of drug-likeness (QED) is 0.653. The summed E-state index contributed by atoms with van der Waals surface area (Å²) in [5.41, 5.74) is 3.08. The van der Waals surface area contributed by atoms with Crippen molar-refractivity contribution < 1.29 is 4.79 Å². The zero-order valence-corrected chi connectivity index (χ0v) is 20.6. The summed E-state index contributed by atoms with van der Waals surface area (Å²) in [7, 11) is 1.73. The Morgan fingerprint density at radius 2 is 2.00 bits per heavy atom. The summed E-state index contributed by atoms with van der Waals surface area (Å²) < 4.78 is 4.35. The molecule has 2 fully saturated rings. The highest BCUT2D eigenvalue weighted by Crippen LogP contribution is 2.42. The maximum Gasteiger partial charge on any atom is 0.219 e. The molecular weight excluding hydrogens is 418 g/mol. The van der Waals surface area contributed by atoms with E-state index in [2.05, 4.69) is 55.7 Å². The minimum absolute atomic E-state index is 0.152. The normalized spacial score (nSPS) is 21.1. The molecular formula is C25H37N5OS. The zero-order valence-electron chi connectivity index (χ0n) is 19.8. The van der Waals surface area contributed by atoms with E-state index in [4.69, 9.17) is 0 Å². The molecule has 0 aliphatic carbocycles. The topological polar surface area (TPSA) is 61.4 Å². The Bertz CT molecular complexity index is 905. The van der Waals surface area contributed by atoms with Crippen molar-refractivity contribution in [3.8, 4) is 0 Å². The van der Waals surface area contributed by atoms with Gasteiger partial charge in [0.15, 0.2) is 0 Å². The van der Waals surface area contributed by atoms with Gasteiger partial charge in [0.1, 0.15) is 5.82 Å². The first-order valence-corrected chi connectivity index (χ1v) is 12.8. The van der Waals surface area contributed by atoms with Crippen molar-refractivity contribution in [1.29, 1.82) is 0 Å². The van der Waals surface area contributed by atoms with Crippen LogP contribution < -0.4 is 10.2 Å². The first-order valence-electron chi connectivity index (χ1n) is 12.0. The van der Waals surface area contributed by atoms with Gasteiger partial charge in [-0.2, -0.15) is 4.37 Å². The van der Waals surface area contributed by atoms with Crippen LogP contribution in [-0.4, -0.2) is 59.9 Å². The minimum atomic E-state index is 0.152. The third-order valence-corrected chi connectivity index (χ3v) is 8.33. The number of hydrogen-bond donors (Lipinski definition) is 1. The van der Waals surface area contributed by atoms with Crippen LogP contribution in [0.3, 0.4) is 0 Å². The van der Waals surface area contributed by atoms with Crippen molar-refractivity contribution in [3.63, 3.8) is 0 Å². The number of nitrogens with one attached hydrogen (secondary N) is 1. The van der Waals surface area contributed by atoms with Gasteiger partial charge in [-0.15, -0.1) is 0 Å². The van der Waals surface area contributed by atoms with Crippen molar-refractivity contribution in [1.82, 2.24) is 19.6 Å². The van der Waals surface area contributed by atoms with E-state index in [0.717, 1.165) is 50.0 Å². The second-order valence-corrected chi connectivity index (χ2v) is 10.4. The number of amides is 1. The third-order valence-electron chi connectivity index (χ3n) is 7.46. The molecule has 0 bridgehead atoms. The molecule has 0 spiro atoms. The molecule has 3 heterocycles. The monoisotopic (exact) mass is 455 g/mol. The van der Waals surface area contributed by atoms with Crippen LogP contribution in [0, 0.1) is 19.8 Å². The van der Waals surface area contributed by atoms with Gasteiger partial charge in [0.05, 0.1) is 0 Å². The lowest BCUT2D eigenvalue weighted by atomic mass is 9.68. The number of carbonyl (C=O) groups excluding carboxylic acids is 1. The van der Waals surface area contributed by atoms with Gasteiger partial charge in [0.25, 0.3) is 0 Å². The van der Waals surface area contributed by atoms with Gasteiger partial charge < -0.3 is 15.1 Å². The number of piperidine rings is 1. The van der Waals surface area contributed by atoms with Gasteiger partial charge in [0, 0.05) is 44.6 Å². The number of aryl methyl sites for hydroxylation is 2. The average molecular weight is 456 g/mol. The van der Waals surface area contributed by atoms with Crippen LogP contribution in [-0.2, 0) is 10.2 Å². The number of carbonyl (C=O) groups is 1. The molecule has 0 unspecified atom stereocenters. The van der Waals surface area contributed by atoms with E-state index in [1.165, 1.54) is 48.5 Å². The summed E-state index contributed by atoms with van der Waals surface area (Å²) in [5.74, 6) is 1.74. The molecule has 1 amide bonds. The van der Waals surface area contributed by atoms with Gasteiger partial charge in [0.2, 0.25) is 11.0 Å². The first kappa shape index (κ1) is 23.2. The molecule has 2 aromatic rings. The number of benzene rings is 1. The molecule has 32 heavy (non-hydrogen) atoms. The highest BCUT2D eigenvalue weighted by atomic mass is 32.1. The predicted octanol–water partition coefficient (Wildman–Crippen LogP) is 3.93. The number of nitrogens with zero attached hydrogens (tertiary/aromatic N) is 4. The molecule has 1 atom stereocenters. The Balaban J connectivity index is 1.36. The highest BCUT2D eigenvalue weighted by molar-refractivity contribution is 7.09. The van der Waals surface area contributed by atoms with Crippen LogP contribution in [0.25, 0.3) is 0 Å². The predicted molar refractivity (Wildman–Crippen MR) is 131 cm³/mol. The molecule has 0 radical (unpaired) electrons. The maximum absolute atomic E-state index is 11.8. The Morgan fingerprint density at radius 1 is 1.22 bits per heavy atom. The fourth-order valence-corrected chi connectivity index (χ4v) is 6.34. The number of likely N-dealkylation sites (tertiary alicyclic amines) is 1. The fraction of sp³-hybridized carbons (Fsp3) is 0.640. The van der Waals surface area contributed by atoms with Crippen molar-refractivity contribution in [2.75, 3.05) is 44.7 Å². The molecule has 1 N–H and O–H groups in total. The summed E-state index contributed by atoms with van der Waals surface area (Å²) in [4.78, 5) is 21.5. The van der Waals surface area contributed by atoms with Crippen molar-refractivity contribution in [2.45, 2.75) is 57.8 Å². The van der Waals surface area contributed by atoms with Crippen LogP contribution in [0.4, 0.5) is 5.13 Å². The van der Waals surface area contributed by atoms with Gasteiger partial charge >= 0.3 is 0 Å². The van der Waals surface area contributed by atoms with Crippen LogP contribution in [0.1, 0.15) is 55.5 Å². The van der Waals surface area contributed by atoms with E-state index >= 15 is 0 Å². The Morgan fingerprint density at radius 3 is 2.69 bits per heavy atom. The molecule has 2 aliphatic heterocycles. The molecule has 174 valence electrons. The molecule has 1 aromatic carbocycles. The smallest absolute Gasteiger partial charge is 0.219 e. The molecule has 7 heteroatoms. The standard InChI is InChI=1S/C25H37N5OS/c1-19-7-4-5-8-22(19)25(11-6-9-23(31)26-3)12-15-29(16-13-25)17-21-10-14-30(18-21)24-27-20(2)28-32-24/h4-5,7-8,21H,6,9-18H2,1-3H3,(H,26,31)/t21-/m1/s1. The average Bonchev–Trinajstić information content (AvgIpc) is 3.44. The lowest BCUT2D eigenvalue weighted by molar-refractivity contribution is -0.120. The number of aromatic nitrogens is 2. The minimum Gasteiger partial charge on any atom is -0.359 e. The summed E-state index contributed by atoms with van der Waals surface area (Å²) in [5, 5.41) is 3.85. The largest absolute Gasteiger partial charge is 0.359 e. The van der Waals surface area contributed by atoms with Crippen LogP contribution in [0.2, 0.25) is 0 Å². The summed E-state index contributed by atoms with van der Waals surface area (Å²) in [6.07, 6.45) is 6.26. The van der Waals surface area contributed by atoms with Crippen LogP contribution in [0.5, 0.6) is 0 Å². The van der Waals surface area contributed by atoms with Crippen molar-refractivity contribution in [3.05, 3.63) is 41.2 Å². The number of anilines is 1. The van der Waals surface area contributed by atoms with Gasteiger partial charge in [-0.1, -0.05) is 24.3 Å². The van der Waals surface area contributed by atoms with E-state index in [1.54, 1.807) is 7.05 Å². The molecule has 4 rings (SSSR count). The van der Waals surface area contributed by atoms with E-state index in [1.807, 2.05) is 6.92 Å². The summed E-state index contributed by atoms with van der Waals surface area (Å²) in [6, 6.07) is 8.88. The van der Waals surface area contributed by atoms with Crippen LogP contribution in [0.15, 0.2) is 24.3 Å². The zero-order chi connectivity index (χ0) is 22.6. The van der Waals surface area contributed by atoms with E-state index in [0.29, 0.717) is 12.3 Å². The molecule has 2 saturated heterocycles. The number of hydrogen-bond acceptors (Lipinski definition) is 6.